The van der Waals surface area contributed by atoms with E-state index in [1.54, 1.807) is 31.2 Å². The third-order valence-electron chi connectivity index (χ3n) is 3.04. The molecular formula is C15H15NO5S. The fraction of sp³-hybridized carbons (Fsp3) is 0.133. The smallest absolute Gasteiger partial charge is 0.339 e. The Morgan fingerprint density at radius 1 is 1.05 bits per heavy atom. The van der Waals surface area contributed by atoms with Gasteiger partial charge in [-0.1, -0.05) is 17.7 Å². The van der Waals surface area contributed by atoms with E-state index in [9.17, 15) is 18.3 Å². The average Bonchev–Trinajstić information content (AvgIpc) is 2.43. The summed E-state index contributed by atoms with van der Waals surface area (Å²) in [6.07, 6.45) is 0. The summed E-state index contributed by atoms with van der Waals surface area (Å²) in [6, 6.07) is 9.06. The lowest BCUT2D eigenvalue weighted by Crippen LogP contribution is -2.14. The van der Waals surface area contributed by atoms with Crippen molar-refractivity contribution in [1.82, 2.24) is 0 Å². The van der Waals surface area contributed by atoms with Gasteiger partial charge in [0.1, 0.15) is 10.5 Å². The van der Waals surface area contributed by atoms with E-state index >= 15 is 0 Å². The lowest BCUT2D eigenvalue weighted by Gasteiger charge is -2.12. The number of carbonyl (C=O) groups is 1. The fourth-order valence-corrected chi connectivity index (χ4v) is 3.21. The summed E-state index contributed by atoms with van der Waals surface area (Å²) in [5.41, 5.74) is 1.25. The van der Waals surface area contributed by atoms with E-state index in [4.69, 9.17) is 5.11 Å². The molecule has 0 aliphatic heterocycles. The monoisotopic (exact) mass is 321 g/mol. The third-order valence-corrected chi connectivity index (χ3v) is 4.44. The third kappa shape index (κ3) is 3.20. The van der Waals surface area contributed by atoms with Crippen LogP contribution in [0.1, 0.15) is 21.5 Å². The fourth-order valence-electron chi connectivity index (χ4n) is 1.95. The molecule has 0 radical (unpaired) electrons. The lowest BCUT2D eigenvalue weighted by molar-refractivity contribution is 0.0693. The molecule has 2 aromatic carbocycles. The van der Waals surface area contributed by atoms with Gasteiger partial charge in [-0.25, -0.2) is 13.2 Å². The molecule has 7 heteroatoms. The van der Waals surface area contributed by atoms with Crippen LogP contribution >= 0.6 is 0 Å². The molecule has 0 aliphatic rings. The molecule has 0 bridgehead atoms. The van der Waals surface area contributed by atoms with Gasteiger partial charge < -0.3 is 10.2 Å². The Morgan fingerprint density at radius 3 is 2.18 bits per heavy atom. The van der Waals surface area contributed by atoms with Crippen LogP contribution in [0.5, 0.6) is 5.75 Å². The number of sulfonamides is 1. The molecule has 22 heavy (non-hydrogen) atoms. The number of nitrogens with one attached hydrogen (secondary N) is 1. The molecule has 0 saturated heterocycles. The van der Waals surface area contributed by atoms with Gasteiger partial charge in [0.25, 0.3) is 10.0 Å². The Morgan fingerprint density at radius 2 is 1.64 bits per heavy atom. The molecule has 2 aromatic rings. The first-order valence-electron chi connectivity index (χ1n) is 6.37. The standard InChI is InChI=1S/C15H15NO5S/c1-9-3-5-11(6-4-9)16-22(20,21)13-8-10(2)7-12(14(13)17)15(18)19/h3-8,16-17H,1-2H3,(H,18,19). The molecular weight excluding hydrogens is 306 g/mol. The van der Waals surface area contributed by atoms with Gasteiger partial charge in [-0.3, -0.25) is 4.72 Å². The predicted molar refractivity (Wildman–Crippen MR) is 81.8 cm³/mol. The zero-order valence-corrected chi connectivity index (χ0v) is 12.8. The Balaban J connectivity index is 2.49. The normalized spacial score (nSPS) is 11.2. The number of hydrogen-bond donors (Lipinski definition) is 3. The molecule has 0 aliphatic carbocycles. The number of aryl methyl sites for hydroxylation is 2. The van der Waals surface area contributed by atoms with E-state index in [1.165, 1.54) is 12.1 Å². The van der Waals surface area contributed by atoms with Crippen LogP contribution in [0.3, 0.4) is 0 Å². The van der Waals surface area contributed by atoms with E-state index < -0.39 is 32.2 Å². The van der Waals surface area contributed by atoms with Gasteiger partial charge in [-0.05, 0) is 43.7 Å². The molecule has 0 saturated carbocycles. The van der Waals surface area contributed by atoms with Crippen LogP contribution in [-0.4, -0.2) is 24.6 Å². The van der Waals surface area contributed by atoms with Crippen LogP contribution in [0, 0.1) is 13.8 Å². The van der Waals surface area contributed by atoms with Gasteiger partial charge in [0.2, 0.25) is 0 Å². The van der Waals surface area contributed by atoms with Gasteiger partial charge in [-0.15, -0.1) is 0 Å². The first-order chi connectivity index (χ1) is 10.2. The van der Waals surface area contributed by atoms with Gasteiger partial charge in [0.05, 0.1) is 0 Å². The molecule has 0 atom stereocenters. The number of aromatic hydroxyl groups is 1. The summed E-state index contributed by atoms with van der Waals surface area (Å²) < 4.78 is 27.1. The highest BCUT2D eigenvalue weighted by Crippen LogP contribution is 2.30. The number of carboxylic acid groups (broad SMARTS) is 1. The highest BCUT2D eigenvalue weighted by molar-refractivity contribution is 7.92. The summed E-state index contributed by atoms with van der Waals surface area (Å²) in [4.78, 5) is 10.6. The minimum Gasteiger partial charge on any atom is -0.506 e. The Kier molecular flexibility index (Phi) is 4.09. The molecule has 6 nitrogen and oxygen atoms in total. The highest BCUT2D eigenvalue weighted by Gasteiger charge is 2.24. The van der Waals surface area contributed by atoms with E-state index in [-0.39, 0.29) is 0 Å². The van der Waals surface area contributed by atoms with Crippen LogP contribution in [0.2, 0.25) is 0 Å². The minimum absolute atomic E-state index is 0.323. The summed E-state index contributed by atoms with van der Waals surface area (Å²) >= 11 is 0. The van der Waals surface area contributed by atoms with Gasteiger partial charge in [0.15, 0.2) is 5.75 Å². The number of carboxylic acids is 1. The largest absolute Gasteiger partial charge is 0.506 e. The van der Waals surface area contributed by atoms with Crippen LogP contribution < -0.4 is 4.72 Å². The van der Waals surface area contributed by atoms with Crippen molar-refractivity contribution in [1.29, 1.82) is 0 Å². The first kappa shape index (κ1) is 15.8. The molecule has 0 aromatic heterocycles. The predicted octanol–water partition coefficient (Wildman–Crippen LogP) is 2.51. The van der Waals surface area contributed by atoms with Crippen LogP contribution in [0.15, 0.2) is 41.3 Å². The maximum atomic E-state index is 12.4. The number of anilines is 1. The van der Waals surface area contributed by atoms with Crippen molar-refractivity contribution in [3.63, 3.8) is 0 Å². The van der Waals surface area contributed by atoms with Crippen molar-refractivity contribution in [2.24, 2.45) is 0 Å². The number of hydrogen-bond acceptors (Lipinski definition) is 4. The van der Waals surface area contributed by atoms with Crippen molar-refractivity contribution in [3.05, 3.63) is 53.1 Å². The first-order valence-corrected chi connectivity index (χ1v) is 7.85. The van der Waals surface area contributed by atoms with E-state index in [2.05, 4.69) is 4.72 Å². The molecule has 2 rings (SSSR count). The second-order valence-corrected chi connectivity index (χ2v) is 6.59. The van der Waals surface area contributed by atoms with Crippen molar-refractivity contribution >= 4 is 21.7 Å². The molecule has 0 amide bonds. The van der Waals surface area contributed by atoms with E-state index in [0.717, 1.165) is 5.56 Å². The van der Waals surface area contributed by atoms with Crippen molar-refractivity contribution in [3.8, 4) is 5.75 Å². The minimum atomic E-state index is -4.10. The maximum absolute atomic E-state index is 12.4. The van der Waals surface area contributed by atoms with Crippen molar-refractivity contribution in [2.45, 2.75) is 18.7 Å². The molecule has 0 fully saturated rings. The number of benzene rings is 2. The second-order valence-electron chi connectivity index (χ2n) is 4.94. The van der Waals surface area contributed by atoms with Crippen LogP contribution in [-0.2, 0) is 10.0 Å². The Labute approximate surface area is 128 Å². The zero-order chi connectivity index (χ0) is 16.5. The van der Waals surface area contributed by atoms with E-state index in [1.807, 2.05) is 6.92 Å². The summed E-state index contributed by atoms with van der Waals surface area (Å²) in [5, 5.41) is 19.0. The Bertz CT molecular complexity index is 826. The van der Waals surface area contributed by atoms with Crippen molar-refractivity contribution in [2.75, 3.05) is 4.72 Å². The maximum Gasteiger partial charge on any atom is 0.339 e. The quantitative estimate of drug-likeness (QED) is 0.802. The summed E-state index contributed by atoms with van der Waals surface area (Å²) in [5.74, 6) is -2.18. The molecule has 0 unspecified atom stereocenters. The molecule has 0 spiro atoms. The van der Waals surface area contributed by atoms with Crippen molar-refractivity contribution < 1.29 is 23.4 Å². The Hall–Kier alpha value is -2.54. The van der Waals surface area contributed by atoms with Gasteiger partial charge >= 0.3 is 5.97 Å². The number of aromatic carboxylic acids is 1. The second kappa shape index (κ2) is 5.69. The molecule has 116 valence electrons. The number of phenols is 1. The molecule has 3 N–H and O–H groups in total. The summed E-state index contributed by atoms with van der Waals surface area (Å²) in [7, 11) is -4.10. The van der Waals surface area contributed by atoms with Crippen LogP contribution in [0.4, 0.5) is 5.69 Å². The number of rotatable bonds is 4. The zero-order valence-electron chi connectivity index (χ0n) is 12.0. The summed E-state index contributed by atoms with van der Waals surface area (Å²) in [6.45, 7) is 3.42. The highest BCUT2D eigenvalue weighted by atomic mass is 32.2. The SMILES string of the molecule is Cc1ccc(NS(=O)(=O)c2cc(C)cc(C(=O)O)c2O)cc1. The lowest BCUT2D eigenvalue weighted by atomic mass is 10.1. The average molecular weight is 321 g/mol. The van der Waals surface area contributed by atoms with E-state index in [0.29, 0.717) is 11.3 Å². The topological polar surface area (TPSA) is 104 Å². The van der Waals surface area contributed by atoms with Gasteiger partial charge in [0, 0.05) is 5.69 Å². The molecule has 0 heterocycles. The van der Waals surface area contributed by atoms with Crippen LogP contribution in [0.25, 0.3) is 0 Å². The van der Waals surface area contributed by atoms with Gasteiger partial charge in [-0.2, -0.15) is 0 Å².